The maximum Gasteiger partial charge on any atom is 0.141 e. The molecule has 0 bridgehead atoms. The molecule has 1 aromatic rings. The van der Waals surface area contributed by atoms with Crippen LogP contribution in [0.15, 0.2) is 28.1 Å². The molecule has 0 spiro atoms. The van der Waals surface area contributed by atoms with E-state index < -0.39 is 0 Å². The van der Waals surface area contributed by atoms with Crippen LogP contribution >= 0.6 is 11.6 Å². The van der Waals surface area contributed by atoms with Crippen LogP contribution in [0.3, 0.4) is 0 Å². The topological polar surface area (TPSA) is 76.4 Å². The SMILES string of the molecule is N=N/C(=C1\NC=Nc2[nH]ccc21)[C@H]1CC[C@H](CCl)CC1. The zero-order valence-electron chi connectivity index (χ0n) is 11.2. The molecule has 20 heavy (non-hydrogen) atoms. The molecule has 0 unspecified atom stereocenters. The fourth-order valence-electron chi connectivity index (χ4n) is 3.06. The summed E-state index contributed by atoms with van der Waals surface area (Å²) >= 11 is 5.94. The molecule has 0 aromatic carbocycles. The van der Waals surface area contributed by atoms with Crippen LogP contribution in [0.2, 0.25) is 0 Å². The van der Waals surface area contributed by atoms with Crippen molar-refractivity contribution in [3.8, 4) is 0 Å². The third kappa shape index (κ3) is 2.38. The summed E-state index contributed by atoms with van der Waals surface area (Å²) in [6, 6.07) is 1.98. The standard InChI is InChI=1S/C14H18ClN5/c15-7-9-1-3-10(4-2-9)12(20-16)13-11-5-6-17-14(11)19-8-18-13/h5-6,8-10,16-17H,1-4,7H2,(H,18,19)/b13-12-,20-16?/t9-,10-. The van der Waals surface area contributed by atoms with Crippen LogP contribution in [0.5, 0.6) is 0 Å². The predicted molar refractivity (Wildman–Crippen MR) is 80.3 cm³/mol. The minimum absolute atomic E-state index is 0.337. The molecule has 3 rings (SSSR count). The number of aromatic nitrogens is 1. The average molecular weight is 292 g/mol. The highest BCUT2D eigenvalue weighted by Crippen LogP contribution is 2.38. The van der Waals surface area contributed by atoms with Crippen LogP contribution in [-0.2, 0) is 0 Å². The number of H-pyrrole nitrogens is 1. The van der Waals surface area contributed by atoms with Gasteiger partial charge in [-0.25, -0.2) is 10.5 Å². The summed E-state index contributed by atoms with van der Waals surface area (Å²) in [5.41, 5.74) is 10.3. The molecular formula is C14H18ClN5. The molecule has 5 nitrogen and oxygen atoms in total. The first-order chi connectivity index (χ1) is 9.83. The average Bonchev–Trinajstić information content (AvgIpc) is 2.98. The predicted octanol–water partition coefficient (Wildman–Crippen LogP) is 4.02. The molecule has 0 amide bonds. The highest BCUT2D eigenvalue weighted by molar-refractivity contribution is 6.18. The molecule has 1 aliphatic heterocycles. The highest BCUT2D eigenvalue weighted by Gasteiger charge is 2.27. The van der Waals surface area contributed by atoms with Gasteiger partial charge in [-0.2, -0.15) is 5.11 Å². The van der Waals surface area contributed by atoms with Gasteiger partial charge in [-0.05, 0) is 37.7 Å². The lowest BCUT2D eigenvalue weighted by Gasteiger charge is -2.28. The Kier molecular flexibility index (Phi) is 3.87. The third-order valence-electron chi connectivity index (χ3n) is 4.23. The molecule has 106 valence electrons. The van der Waals surface area contributed by atoms with Crippen molar-refractivity contribution in [1.82, 2.24) is 10.3 Å². The van der Waals surface area contributed by atoms with Crippen molar-refractivity contribution < 1.29 is 0 Å². The van der Waals surface area contributed by atoms with Gasteiger partial charge in [0.2, 0.25) is 0 Å². The monoisotopic (exact) mass is 291 g/mol. The van der Waals surface area contributed by atoms with E-state index in [1.54, 1.807) is 6.34 Å². The Labute approximate surface area is 123 Å². The van der Waals surface area contributed by atoms with Crippen LogP contribution in [0.1, 0.15) is 31.2 Å². The lowest BCUT2D eigenvalue weighted by atomic mass is 9.80. The minimum Gasteiger partial charge on any atom is -0.346 e. The molecular weight excluding hydrogens is 274 g/mol. The first kappa shape index (κ1) is 13.4. The van der Waals surface area contributed by atoms with Gasteiger partial charge in [-0.1, -0.05) is 0 Å². The van der Waals surface area contributed by atoms with E-state index in [1.165, 1.54) is 0 Å². The Bertz CT molecular complexity index is 552. The summed E-state index contributed by atoms with van der Waals surface area (Å²) in [7, 11) is 0. The Balaban J connectivity index is 1.89. The van der Waals surface area contributed by atoms with Crippen molar-refractivity contribution in [2.75, 3.05) is 5.88 Å². The summed E-state index contributed by atoms with van der Waals surface area (Å²) in [5.74, 6) is 2.52. The smallest absolute Gasteiger partial charge is 0.141 e. The quantitative estimate of drug-likeness (QED) is 0.571. The highest BCUT2D eigenvalue weighted by atomic mass is 35.5. The second kappa shape index (κ2) is 5.79. The van der Waals surface area contributed by atoms with Crippen LogP contribution in [0.25, 0.3) is 5.70 Å². The van der Waals surface area contributed by atoms with Crippen LogP contribution < -0.4 is 5.32 Å². The third-order valence-corrected chi connectivity index (χ3v) is 4.66. The second-order valence-electron chi connectivity index (χ2n) is 5.39. The molecule has 0 atom stereocenters. The Morgan fingerprint density at radius 3 is 2.90 bits per heavy atom. The van der Waals surface area contributed by atoms with Gasteiger partial charge in [0, 0.05) is 23.6 Å². The molecule has 3 N–H and O–H groups in total. The number of hydrogen-bond donors (Lipinski definition) is 3. The molecule has 1 aromatic heterocycles. The van der Waals surface area contributed by atoms with Crippen molar-refractivity contribution in [3.05, 3.63) is 23.5 Å². The first-order valence-electron chi connectivity index (χ1n) is 6.98. The lowest BCUT2D eigenvalue weighted by molar-refractivity contribution is 0.320. The second-order valence-corrected chi connectivity index (χ2v) is 5.70. The molecule has 2 aliphatic rings. The minimum atomic E-state index is 0.337. The van der Waals surface area contributed by atoms with Crippen LogP contribution in [-0.4, -0.2) is 17.2 Å². The summed E-state index contributed by atoms with van der Waals surface area (Å²) in [5, 5.41) is 6.99. The largest absolute Gasteiger partial charge is 0.346 e. The number of fused-ring (bicyclic) bond motifs is 1. The van der Waals surface area contributed by atoms with Gasteiger partial charge in [0.15, 0.2) is 0 Å². The Hall–Kier alpha value is -1.62. The number of hydrogen-bond acceptors (Lipinski definition) is 4. The maximum atomic E-state index is 7.57. The van der Waals surface area contributed by atoms with Crippen molar-refractivity contribution in [1.29, 1.82) is 5.53 Å². The number of rotatable bonds is 3. The summed E-state index contributed by atoms with van der Waals surface area (Å²) in [6.45, 7) is 0. The van der Waals surface area contributed by atoms with Gasteiger partial charge in [0.05, 0.1) is 17.7 Å². The van der Waals surface area contributed by atoms with Crippen molar-refractivity contribution >= 4 is 29.5 Å². The Morgan fingerprint density at radius 2 is 2.20 bits per heavy atom. The van der Waals surface area contributed by atoms with Crippen LogP contribution in [0.4, 0.5) is 5.82 Å². The number of nitrogens with zero attached hydrogens (tertiary/aromatic N) is 2. The molecule has 0 saturated heterocycles. The number of aliphatic imine (C=N–C) groups is 1. The first-order valence-corrected chi connectivity index (χ1v) is 7.51. The van der Waals surface area contributed by atoms with E-state index in [2.05, 4.69) is 20.4 Å². The molecule has 0 radical (unpaired) electrons. The van der Waals surface area contributed by atoms with Crippen molar-refractivity contribution in [2.24, 2.45) is 21.9 Å². The fraction of sp³-hybridized carbons (Fsp3) is 0.500. The molecule has 1 fully saturated rings. The van der Waals surface area contributed by atoms with Crippen LogP contribution in [0, 0.1) is 17.4 Å². The van der Waals surface area contributed by atoms with Gasteiger partial charge in [-0.15, -0.1) is 11.6 Å². The van der Waals surface area contributed by atoms with E-state index >= 15 is 0 Å². The Morgan fingerprint density at radius 1 is 1.40 bits per heavy atom. The fourth-order valence-corrected chi connectivity index (χ4v) is 3.37. The van der Waals surface area contributed by atoms with Gasteiger partial charge in [0.1, 0.15) is 5.82 Å². The van der Waals surface area contributed by atoms with Gasteiger partial charge >= 0.3 is 0 Å². The molecule has 2 heterocycles. The maximum absolute atomic E-state index is 7.57. The van der Waals surface area contributed by atoms with E-state index in [9.17, 15) is 0 Å². The van der Waals surface area contributed by atoms with Crippen molar-refractivity contribution in [3.63, 3.8) is 0 Å². The van der Waals surface area contributed by atoms with Gasteiger partial charge < -0.3 is 10.3 Å². The van der Waals surface area contributed by atoms with E-state index in [-0.39, 0.29) is 0 Å². The molecule has 1 saturated carbocycles. The normalized spacial score (nSPS) is 27.6. The number of halogens is 1. The van der Waals surface area contributed by atoms with Crippen molar-refractivity contribution in [2.45, 2.75) is 25.7 Å². The van der Waals surface area contributed by atoms with E-state index in [0.29, 0.717) is 11.8 Å². The number of nitrogens with one attached hydrogen (secondary N) is 3. The van der Waals surface area contributed by atoms with E-state index in [4.69, 9.17) is 17.1 Å². The van der Waals surface area contributed by atoms with E-state index in [1.807, 2.05) is 12.3 Å². The lowest BCUT2D eigenvalue weighted by Crippen LogP contribution is -2.21. The van der Waals surface area contributed by atoms with Gasteiger partial charge in [-0.3, -0.25) is 0 Å². The zero-order valence-corrected chi connectivity index (χ0v) is 12.0. The number of aromatic amines is 1. The van der Waals surface area contributed by atoms with E-state index in [0.717, 1.165) is 54.3 Å². The van der Waals surface area contributed by atoms with Gasteiger partial charge in [0.25, 0.3) is 0 Å². The zero-order chi connectivity index (χ0) is 13.9. The number of allylic oxidation sites excluding steroid dienone is 1. The summed E-state index contributed by atoms with van der Waals surface area (Å²) in [6.07, 6.45) is 7.86. The molecule has 6 heteroatoms. The summed E-state index contributed by atoms with van der Waals surface area (Å²) < 4.78 is 0. The summed E-state index contributed by atoms with van der Waals surface area (Å²) in [4.78, 5) is 7.34. The molecule has 1 aliphatic carbocycles. The number of alkyl halides is 1.